The zero-order valence-electron chi connectivity index (χ0n) is 16.1. The van der Waals surface area contributed by atoms with Crippen LogP contribution in [0.15, 0.2) is 82.6 Å². The quantitative estimate of drug-likeness (QED) is 0.570. The molecule has 2 heterocycles. The van der Waals surface area contributed by atoms with E-state index in [2.05, 4.69) is 0 Å². The van der Waals surface area contributed by atoms with Crippen molar-refractivity contribution in [3.05, 3.63) is 83.9 Å². The zero-order chi connectivity index (χ0) is 20.7. The van der Waals surface area contributed by atoms with Gasteiger partial charge in [-0.3, -0.25) is 24.2 Å². The second kappa shape index (κ2) is 7.46. The topological polar surface area (TPSA) is 57.7 Å². The van der Waals surface area contributed by atoms with Gasteiger partial charge in [-0.15, -0.1) is 0 Å². The lowest BCUT2D eigenvalue weighted by atomic mass is 10.1. The highest BCUT2D eigenvalue weighted by Crippen LogP contribution is 2.48. The standard InChI is InChI=1S/C24H18N2O3S/c27-22(14-7-15-25-23(28)16-8-1-2-9-17(16)24(25)29)26-18-10-3-5-12-20(18)30-21-13-6-4-11-19(21)26/h1-6,8-13H,7,14-15H2. The van der Waals surface area contributed by atoms with Crippen molar-refractivity contribution >= 4 is 40.9 Å². The highest BCUT2D eigenvalue weighted by molar-refractivity contribution is 7.99. The normalized spacial score (nSPS) is 14.4. The molecule has 2 aliphatic rings. The molecule has 0 spiro atoms. The fourth-order valence-corrected chi connectivity index (χ4v) is 4.97. The second-order valence-corrected chi connectivity index (χ2v) is 8.26. The molecule has 0 bridgehead atoms. The highest BCUT2D eigenvalue weighted by atomic mass is 32.2. The molecule has 0 atom stereocenters. The number of rotatable bonds is 4. The van der Waals surface area contributed by atoms with Gasteiger partial charge in [0, 0.05) is 22.8 Å². The first-order chi connectivity index (χ1) is 14.6. The molecule has 0 radical (unpaired) electrons. The number of benzene rings is 3. The molecular weight excluding hydrogens is 396 g/mol. The lowest BCUT2D eigenvalue weighted by molar-refractivity contribution is -0.118. The monoisotopic (exact) mass is 414 g/mol. The number of imide groups is 1. The molecule has 0 aromatic heterocycles. The predicted molar refractivity (Wildman–Crippen MR) is 115 cm³/mol. The van der Waals surface area contributed by atoms with Gasteiger partial charge in [0.25, 0.3) is 11.8 Å². The molecule has 30 heavy (non-hydrogen) atoms. The van der Waals surface area contributed by atoms with Crippen LogP contribution in [-0.4, -0.2) is 29.2 Å². The smallest absolute Gasteiger partial charge is 0.261 e. The number of nitrogens with zero attached hydrogens (tertiary/aromatic N) is 2. The van der Waals surface area contributed by atoms with E-state index < -0.39 is 0 Å². The summed E-state index contributed by atoms with van der Waals surface area (Å²) in [5, 5.41) is 0. The third kappa shape index (κ3) is 3.00. The van der Waals surface area contributed by atoms with E-state index >= 15 is 0 Å². The predicted octanol–water partition coefficient (Wildman–Crippen LogP) is 4.89. The SMILES string of the molecule is O=C1c2ccccc2C(=O)N1CCCC(=O)N1c2ccccc2Sc2ccccc21. The summed E-state index contributed by atoms with van der Waals surface area (Å²) in [5.74, 6) is -0.618. The lowest BCUT2D eigenvalue weighted by Gasteiger charge is -2.31. The lowest BCUT2D eigenvalue weighted by Crippen LogP contribution is -2.33. The van der Waals surface area contributed by atoms with Gasteiger partial charge >= 0.3 is 0 Å². The van der Waals surface area contributed by atoms with Gasteiger partial charge in [0.1, 0.15) is 0 Å². The van der Waals surface area contributed by atoms with Crippen molar-refractivity contribution in [3.8, 4) is 0 Å². The minimum Gasteiger partial charge on any atom is -0.279 e. The van der Waals surface area contributed by atoms with Crippen molar-refractivity contribution in [2.24, 2.45) is 0 Å². The maximum Gasteiger partial charge on any atom is 0.261 e. The Labute approximate surface area is 178 Å². The Morgan fingerprint density at radius 1 is 0.733 bits per heavy atom. The van der Waals surface area contributed by atoms with Crippen molar-refractivity contribution in [1.82, 2.24) is 4.90 Å². The van der Waals surface area contributed by atoms with E-state index in [9.17, 15) is 14.4 Å². The number of carbonyl (C=O) groups excluding carboxylic acids is 3. The van der Waals surface area contributed by atoms with E-state index in [1.165, 1.54) is 4.90 Å². The van der Waals surface area contributed by atoms with Crippen LogP contribution in [0.25, 0.3) is 0 Å². The minimum absolute atomic E-state index is 0.0493. The van der Waals surface area contributed by atoms with E-state index in [1.54, 1.807) is 40.9 Å². The summed E-state index contributed by atoms with van der Waals surface area (Å²) >= 11 is 1.65. The van der Waals surface area contributed by atoms with E-state index in [4.69, 9.17) is 0 Å². The molecule has 5 nitrogen and oxygen atoms in total. The van der Waals surface area contributed by atoms with Gasteiger partial charge in [-0.05, 0) is 42.8 Å². The number of fused-ring (bicyclic) bond motifs is 3. The second-order valence-electron chi connectivity index (χ2n) is 7.18. The minimum atomic E-state index is -0.284. The molecule has 0 fully saturated rings. The van der Waals surface area contributed by atoms with Crippen molar-refractivity contribution in [2.75, 3.05) is 11.4 Å². The first-order valence-electron chi connectivity index (χ1n) is 9.79. The van der Waals surface area contributed by atoms with Gasteiger partial charge in [0.15, 0.2) is 0 Å². The van der Waals surface area contributed by atoms with E-state index in [0.717, 1.165) is 21.2 Å². The molecule has 0 N–H and O–H groups in total. The van der Waals surface area contributed by atoms with Crippen LogP contribution >= 0.6 is 11.8 Å². The molecule has 0 aliphatic carbocycles. The van der Waals surface area contributed by atoms with Crippen LogP contribution in [0.3, 0.4) is 0 Å². The third-order valence-corrected chi connectivity index (χ3v) is 6.46. The number of hydrogen-bond donors (Lipinski definition) is 0. The summed E-state index contributed by atoms with van der Waals surface area (Å²) in [6.45, 7) is 0.226. The van der Waals surface area contributed by atoms with E-state index in [1.807, 2.05) is 48.5 Å². The molecule has 0 unspecified atom stereocenters. The molecule has 6 heteroatoms. The fraction of sp³-hybridized carbons (Fsp3) is 0.125. The van der Waals surface area contributed by atoms with Crippen LogP contribution < -0.4 is 4.90 Å². The Hall–Kier alpha value is -3.38. The molecule has 2 aliphatic heterocycles. The molecule has 0 saturated heterocycles. The molecule has 3 aromatic carbocycles. The van der Waals surface area contributed by atoms with Gasteiger partial charge in [-0.1, -0.05) is 48.2 Å². The van der Waals surface area contributed by atoms with E-state index in [0.29, 0.717) is 17.5 Å². The number of amides is 3. The maximum absolute atomic E-state index is 13.2. The Balaban J connectivity index is 1.33. The van der Waals surface area contributed by atoms with Crippen LogP contribution in [0.4, 0.5) is 11.4 Å². The first kappa shape index (κ1) is 18.6. The van der Waals surface area contributed by atoms with Crippen LogP contribution in [0.5, 0.6) is 0 Å². The number of para-hydroxylation sites is 2. The Morgan fingerprint density at radius 3 is 1.80 bits per heavy atom. The Kier molecular flexibility index (Phi) is 4.64. The van der Waals surface area contributed by atoms with Gasteiger partial charge in [0.05, 0.1) is 22.5 Å². The van der Waals surface area contributed by atoms with Gasteiger partial charge in [-0.2, -0.15) is 0 Å². The summed E-state index contributed by atoms with van der Waals surface area (Å²) in [6.07, 6.45) is 0.652. The van der Waals surface area contributed by atoms with Crippen LogP contribution in [0.1, 0.15) is 33.6 Å². The summed E-state index contributed by atoms with van der Waals surface area (Å²) in [5.41, 5.74) is 2.60. The largest absolute Gasteiger partial charge is 0.279 e. The fourth-order valence-electron chi connectivity index (χ4n) is 3.92. The van der Waals surface area contributed by atoms with Crippen LogP contribution in [0.2, 0.25) is 0 Å². The summed E-state index contributed by atoms with van der Waals surface area (Å²) in [7, 11) is 0. The molecule has 3 aromatic rings. The average Bonchev–Trinajstić information content (AvgIpc) is 3.02. The highest BCUT2D eigenvalue weighted by Gasteiger charge is 2.35. The Morgan fingerprint density at radius 2 is 1.23 bits per heavy atom. The maximum atomic E-state index is 13.2. The van der Waals surface area contributed by atoms with Gasteiger partial charge in [-0.25, -0.2) is 0 Å². The van der Waals surface area contributed by atoms with Crippen molar-refractivity contribution in [2.45, 2.75) is 22.6 Å². The average molecular weight is 414 g/mol. The van der Waals surface area contributed by atoms with Crippen LogP contribution in [-0.2, 0) is 4.79 Å². The Bertz CT molecular complexity index is 1110. The third-order valence-electron chi connectivity index (χ3n) is 5.33. The molecule has 0 saturated carbocycles. The van der Waals surface area contributed by atoms with Gasteiger partial charge < -0.3 is 0 Å². The van der Waals surface area contributed by atoms with Crippen molar-refractivity contribution < 1.29 is 14.4 Å². The first-order valence-corrected chi connectivity index (χ1v) is 10.6. The molecule has 148 valence electrons. The summed E-state index contributed by atoms with van der Waals surface area (Å²) in [4.78, 5) is 43.3. The van der Waals surface area contributed by atoms with E-state index in [-0.39, 0.29) is 30.7 Å². The van der Waals surface area contributed by atoms with Gasteiger partial charge in [0.2, 0.25) is 5.91 Å². The molecule has 3 amide bonds. The number of carbonyl (C=O) groups is 3. The molecular formula is C24H18N2O3S. The number of hydrogen-bond acceptors (Lipinski definition) is 4. The molecule has 5 rings (SSSR count). The van der Waals surface area contributed by atoms with Crippen LogP contribution in [0, 0.1) is 0 Å². The zero-order valence-corrected chi connectivity index (χ0v) is 16.9. The number of anilines is 2. The summed E-state index contributed by atoms with van der Waals surface area (Å²) in [6, 6.07) is 22.5. The van der Waals surface area contributed by atoms with Crippen molar-refractivity contribution in [3.63, 3.8) is 0 Å². The van der Waals surface area contributed by atoms with Crippen molar-refractivity contribution in [1.29, 1.82) is 0 Å². The summed E-state index contributed by atoms with van der Waals surface area (Å²) < 4.78 is 0.